The first-order chi connectivity index (χ1) is 11.2. The highest BCUT2D eigenvalue weighted by atomic mass is 35.5. The maximum Gasteiger partial charge on any atom is 0.0685 e. The summed E-state index contributed by atoms with van der Waals surface area (Å²) in [6.07, 6.45) is 0.805. The largest absolute Gasteiger partial charge is 0.369 e. The third-order valence-corrected chi connectivity index (χ3v) is 5.14. The Morgan fingerprint density at radius 1 is 0.957 bits per heavy atom. The van der Waals surface area contributed by atoms with Crippen molar-refractivity contribution in [1.82, 2.24) is 5.32 Å². The number of fused-ring (bicyclic) bond motifs is 1. The molecular weight excluding hydrogens is 329 g/mol. The Morgan fingerprint density at radius 3 is 2.39 bits per heavy atom. The van der Waals surface area contributed by atoms with Gasteiger partial charge in [-0.3, -0.25) is 4.99 Å². The van der Waals surface area contributed by atoms with Gasteiger partial charge >= 0.3 is 0 Å². The van der Waals surface area contributed by atoms with Crippen LogP contribution in [-0.2, 0) is 6.42 Å². The first-order valence-corrected chi connectivity index (χ1v) is 8.58. The third kappa shape index (κ3) is 2.97. The van der Waals surface area contributed by atoms with Crippen LogP contribution in [0.5, 0.6) is 0 Å². The maximum atomic E-state index is 6.10. The number of hydrogen-bond donors (Lipinski definition) is 1. The van der Waals surface area contributed by atoms with E-state index in [2.05, 4.69) is 34.5 Å². The third-order valence-electron chi connectivity index (χ3n) is 4.42. The average Bonchev–Trinajstić information content (AvgIpc) is 2.99. The Hall–Kier alpha value is -1.55. The fourth-order valence-electron chi connectivity index (χ4n) is 3.14. The number of rotatable bonds is 2. The van der Waals surface area contributed by atoms with Gasteiger partial charge in [0, 0.05) is 38.3 Å². The van der Waals surface area contributed by atoms with Crippen LogP contribution in [0.4, 0.5) is 11.4 Å². The Kier molecular flexibility index (Phi) is 4.02. The fraction of sp³-hybridized carbons (Fsp3) is 0.278. The molecule has 1 saturated heterocycles. The highest BCUT2D eigenvalue weighted by Crippen LogP contribution is 2.36. The van der Waals surface area contributed by atoms with Crippen molar-refractivity contribution in [3.8, 4) is 0 Å². The molecule has 2 aliphatic rings. The first-order valence-electron chi connectivity index (χ1n) is 7.82. The van der Waals surface area contributed by atoms with Crippen LogP contribution < -0.4 is 10.2 Å². The lowest BCUT2D eigenvalue weighted by Crippen LogP contribution is -2.43. The van der Waals surface area contributed by atoms with E-state index in [1.165, 1.54) is 5.69 Å². The van der Waals surface area contributed by atoms with E-state index >= 15 is 0 Å². The van der Waals surface area contributed by atoms with E-state index < -0.39 is 0 Å². The Morgan fingerprint density at radius 2 is 1.65 bits per heavy atom. The van der Waals surface area contributed by atoms with Crippen molar-refractivity contribution in [3.05, 3.63) is 57.6 Å². The minimum absolute atomic E-state index is 0.560. The summed E-state index contributed by atoms with van der Waals surface area (Å²) in [6, 6.07) is 12.5. The zero-order valence-corrected chi connectivity index (χ0v) is 14.2. The maximum absolute atomic E-state index is 6.10. The van der Waals surface area contributed by atoms with Crippen molar-refractivity contribution in [2.75, 3.05) is 31.1 Å². The fourth-order valence-corrected chi connectivity index (χ4v) is 3.49. The van der Waals surface area contributed by atoms with Crippen LogP contribution in [-0.4, -0.2) is 31.9 Å². The van der Waals surface area contributed by atoms with Crippen LogP contribution in [0.2, 0.25) is 10.0 Å². The number of benzene rings is 2. The van der Waals surface area contributed by atoms with Crippen molar-refractivity contribution < 1.29 is 0 Å². The minimum Gasteiger partial charge on any atom is -0.369 e. The van der Waals surface area contributed by atoms with Gasteiger partial charge in [0.05, 0.1) is 21.4 Å². The van der Waals surface area contributed by atoms with Gasteiger partial charge in [0.15, 0.2) is 0 Å². The molecule has 4 rings (SSSR count). The molecule has 2 aromatic carbocycles. The molecule has 5 heteroatoms. The standard InChI is InChI=1S/C18H17Cl2N3/c19-15-9-13-10-17(22-18(13)11-16(15)20)12-1-3-14(4-2-12)23-7-5-21-6-8-23/h1-4,9,11,21H,5-8,10H2. The number of hydrogen-bond acceptors (Lipinski definition) is 3. The van der Waals surface area contributed by atoms with Gasteiger partial charge in [-0.1, -0.05) is 35.3 Å². The molecule has 0 radical (unpaired) electrons. The zero-order valence-electron chi connectivity index (χ0n) is 12.6. The van der Waals surface area contributed by atoms with Gasteiger partial charge in [-0.15, -0.1) is 0 Å². The minimum atomic E-state index is 0.560. The molecule has 1 fully saturated rings. The average molecular weight is 346 g/mol. The quantitative estimate of drug-likeness (QED) is 0.887. The van der Waals surface area contributed by atoms with Gasteiger partial charge in [-0.05, 0) is 35.4 Å². The van der Waals surface area contributed by atoms with Crippen LogP contribution in [0.3, 0.4) is 0 Å². The second-order valence-electron chi connectivity index (χ2n) is 5.91. The van der Waals surface area contributed by atoms with E-state index in [0.29, 0.717) is 10.0 Å². The molecule has 2 heterocycles. The van der Waals surface area contributed by atoms with Crippen molar-refractivity contribution in [1.29, 1.82) is 0 Å². The van der Waals surface area contributed by atoms with E-state index in [1.807, 2.05) is 12.1 Å². The molecule has 0 aliphatic carbocycles. The van der Waals surface area contributed by atoms with E-state index in [0.717, 1.165) is 55.1 Å². The normalized spacial score (nSPS) is 17.1. The predicted molar refractivity (Wildman–Crippen MR) is 97.9 cm³/mol. The van der Waals surface area contributed by atoms with Crippen molar-refractivity contribution >= 4 is 40.3 Å². The number of anilines is 1. The summed E-state index contributed by atoms with van der Waals surface area (Å²) < 4.78 is 0. The van der Waals surface area contributed by atoms with E-state index in [-0.39, 0.29) is 0 Å². The number of nitrogens with one attached hydrogen (secondary N) is 1. The van der Waals surface area contributed by atoms with Crippen LogP contribution in [0.1, 0.15) is 11.1 Å². The monoisotopic (exact) mass is 345 g/mol. The van der Waals surface area contributed by atoms with E-state index in [9.17, 15) is 0 Å². The second-order valence-corrected chi connectivity index (χ2v) is 6.73. The lowest BCUT2D eigenvalue weighted by atomic mass is 10.0. The number of aliphatic imine (C=N–C) groups is 1. The van der Waals surface area contributed by atoms with E-state index in [4.69, 9.17) is 28.2 Å². The summed E-state index contributed by atoms with van der Waals surface area (Å²) in [5.74, 6) is 0. The van der Waals surface area contributed by atoms with Crippen LogP contribution in [0.15, 0.2) is 41.4 Å². The summed E-state index contributed by atoms with van der Waals surface area (Å²) in [6.45, 7) is 4.21. The smallest absolute Gasteiger partial charge is 0.0685 e. The summed E-state index contributed by atoms with van der Waals surface area (Å²) in [4.78, 5) is 7.12. The number of halogens is 2. The van der Waals surface area contributed by atoms with Gasteiger partial charge < -0.3 is 10.2 Å². The highest BCUT2D eigenvalue weighted by Gasteiger charge is 2.18. The van der Waals surface area contributed by atoms with Crippen LogP contribution in [0.25, 0.3) is 0 Å². The van der Waals surface area contributed by atoms with E-state index in [1.54, 1.807) is 0 Å². The molecule has 0 spiro atoms. The molecule has 0 atom stereocenters. The molecule has 118 valence electrons. The van der Waals surface area contributed by atoms with Crippen molar-refractivity contribution in [2.45, 2.75) is 6.42 Å². The predicted octanol–water partition coefficient (Wildman–Crippen LogP) is 4.08. The van der Waals surface area contributed by atoms with Gasteiger partial charge in [0.25, 0.3) is 0 Å². The summed E-state index contributed by atoms with van der Waals surface area (Å²) in [5.41, 5.74) is 5.58. The molecule has 0 saturated carbocycles. The molecule has 3 nitrogen and oxygen atoms in total. The van der Waals surface area contributed by atoms with Crippen molar-refractivity contribution in [2.24, 2.45) is 4.99 Å². The lowest BCUT2D eigenvalue weighted by Gasteiger charge is -2.29. The molecule has 2 aliphatic heterocycles. The Labute approximate surface area is 145 Å². The van der Waals surface area contributed by atoms with Gasteiger partial charge in [0.1, 0.15) is 0 Å². The molecule has 0 unspecified atom stereocenters. The van der Waals surface area contributed by atoms with Gasteiger partial charge in [0.2, 0.25) is 0 Å². The van der Waals surface area contributed by atoms with Crippen LogP contribution >= 0.6 is 23.2 Å². The second kappa shape index (κ2) is 6.16. The Balaban J connectivity index is 1.56. The zero-order chi connectivity index (χ0) is 15.8. The van der Waals surface area contributed by atoms with Gasteiger partial charge in [-0.25, -0.2) is 0 Å². The summed E-state index contributed by atoms with van der Waals surface area (Å²) in [5, 5.41) is 4.53. The number of nitrogens with zero attached hydrogens (tertiary/aromatic N) is 2. The molecule has 0 amide bonds. The van der Waals surface area contributed by atoms with Crippen LogP contribution in [0, 0.1) is 0 Å². The molecule has 0 bridgehead atoms. The first kappa shape index (κ1) is 15.0. The molecule has 23 heavy (non-hydrogen) atoms. The Bertz CT molecular complexity index is 763. The lowest BCUT2D eigenvalue weighted by molar-refractivity contribution is 0.589. The molecule has 1 N–H and O–H groups in total. The van der Waals surface area contributed by atoms with Crippen molar-refractivity contribution in [3.63, 3.8) is 0 Å². The van der Waals surface area contributed by atoms with Gasteiger partial charge in [-0.2, -0.15) is 0 Å². The topological polar surface area (TPSA) is 27.6 Å². The SMILES string of the molecule is Clc1cc2c(cc1Cl)N=C(c1ccc(N3CCNCC3)cc1)C2. The highest BCUT2D eigenvalue weighted by molar-refractivity contribution is 6.42. The molecule has 0 aromatic heterocycles. The molecular formula is C18H17Cl2N3. The molecule has 2 aromatic rings. The summed E-state index contributed by atoms with van der Waals surface area (Å²) >= 11 is 12.2. The summed E-state index contributed by atoms with van der Waals surface area (Å²) in [7, 11) is 0. The number of piperazine rings is 1.